The van der Waals surface area contributed by atoms with Gasteiger partial charge in [0.2, 0.25) is 0 Å². The van der Waals surface area contributed by atoms with E-state index in [4.69, 9.17) is 4.74 Å². The number of fused-ring (bicyclic) bond motifs is 1. The number of aromatic nitrogens is 2. The second-order valence-electron chi connectivity index (χ2n) is 5.13. The summed E-state index contributed by atoms with van der Waals surface area (Å²) in [5, 5.41) is 9.69. The van der Waals surface area contributed by atoms with Crippen molar-refractivity contribution in [1.82, 2.24) is 9.38 Å². The molecule has 0 saturated carbocycles. The third kappa shape index (κ3) is 2.39. The molecule has 1 aliphatic heterocycles. The number of imidazole rings is 1. The summed E-state index contributed by atoms with van der Waals surface area (Å²) in [6, 6.07) is 5.88. The van der Waals surface area contributed by atoms with E-state index in [1.54, 1.807) is 0 Å². The average molecular weight is 275 g/mol. The number of aliphatic hydroxyl groups is 1. The number of hydrogen-bond acceptors (Lipinski definition) is 4. The molecule has 1 saturated heterocycles. The molecule has 0 aliphatic carbocycles. The van der Waals surface area contributed by atoms with E-state index < -0.39 is 0 Å². The van der Waals surface area contributed by atoms with Gasteiger partial charge in [0.1, 0.15) is 5.65 Å². The van der Waals surface area contributed by atoms with Crippen LogP contribution in [0.3, 0.4) is 0 Å². The standard InChI is InChI=1S/C15H21N3O2/c1-2-20-12-6-5-8-17(10-12)15-13(11-19)18-9-4-3-7-14(18)16-15/h3-4,7,9,12,19H,2,5-6,8,10-11H2,1H3. The van der Waals surface area contributed by atoms with Crippen LogP contribution in [0.4, 0.5) is 5.82 Å². The van der Waals surface area contributed by atoms with E-state index in [1.807, 2.05) is 35.7 Å². The molecule has 1 unspecified atom stereocenters. The molecule has 0 bridgehead atoms. The second-order valence-corrected chi connectivity index (χ2v) is 5.13. The molecule has 20 heavy (non-hydrogen) atoms. The number of nitrogens with zero attached hydrogens (tertiary/aromatic N) is 3. The van der Waals surface area contributed by atoms with Crippen LogP contribution >= 0.6 is 0 Å². The Balaban J connectivity index is 1.92. The van der Waals surface area contributed by atoms with Crippen molar-refractivity contribution in [1.29, 1.82) is 0 Å². The molecule has 5 nitrogen and oxygen atoms in total. The zero-order valence-electron chi connectivity index (χ0n) is 11.8. The molecule has 1 atom stereocenters. The van der Waals surface area contributed by atoms with E-state index in [0.29, 0.717) is 0 Å². The van der Waals surface area contributed by atoms with Gasteiger partial charge < -0.3 is 14.7 Å². The van der Waals surface area contributed by atoms with Gasteiger partial charge in [-0.2, -0.15) is 0 Å². The van der Waals surface area contributed by atoms with Gasteiger partial charge in [0.05, 0.1) is 18.4 Å². The Morgan fingerprint density at radius 2 is 2.35 bits per heavy atom. The fourth-order valence-electron chi connectivity index (χ4n) is 2.94. The van der Waals surface area contributed by atoms with E-state index in [2.05, 4.69) is 9.88 Å². The van der Waals surface area contributed by atoms with Gasteiger partial charge in [0, 0.05) is 25.9 Å². The van der Waals surface area contributed by atoms with E-state index in [0.717, 1.165) is 49.7 Å². The molecular weight excluding hydrogens is 254 g/mol. The van der Waals surface area contributed by atoms with Gasteiger partial charge >= 0.3 is 0 Å². The normalized spacial score (nSPS) is 19.7. The van der Waals surface area contributed by atoms with Crippen molar-refractivity contribution in [3.8, 4) is 0 Å². The van der Waals surface area contributed by atoms with E-state index in [1.165, 1.54) is 0 Å². The minimum absolute atomic E-state index is 0.00366. The predicted octanol–water partition coefficient (Wildman–Crippen LogP) is 1.83. The van der Waals surface area contributed by atoms with Crippen LogP contribution < -0.4 is 4.90 Å². The smallest absolute Gasteiger partial charge is 0.153 e. The van der Waals surface area contributed by atoms with Gasteiger partial charge in [0.15, 0.2) is 5.82 Å². The van der Waals surface area contributed by atoms with Gasteiger partial charge in [0.25, 0.3) is 0 Å². The van der Waals surface area contributed by atoms with Crippen molar-refractivity contribution >= 4 is 11.5 Å². The van der Waals surface area contributed by atoms with E-state index in [9.17, 15) is 5.11 Å². The Bertz CT molecular complexity index is 580. The molecule has 5 heteroatoms. The van der Waals surface area contributed by atoms with Crippen LogP contribution in [0.25, 0.3) is 5.65 Å². The van der Waals surface area contributed by atoms with Crippen molar-refractivity contribution in [2.24, 2.45) is 0 Å². The third-order valence-electron chi connectivity index (χ3n) is 3.84. The highest BCUT2D eigenvalue weighted by atomic mass is 16.5. The van der Waals surface area contributed by atoms with Crippen molar-refractivity contribution in [2.75, 3.05) is 24.6 Å². The Kier molecular flexibility index (Phi) is 3.89. The minimum Gasteiger partial charge on any atom is -0.390 e. The van der Waals surface area contributed by atoms with Crippen LogP contribution in [0.1, 0.15) is 25.5 Å². The molecule has 0 spiro atoms. The van der Waals surface area contributed by atoms with Gasteiger partial charge in [-0.3, -0.25) is 4.40 Å². The molecule has 1 aliphatic rings. The van der Waals surface area contributed by atoms with Gasteiger partial charge in [-0.25, -0.2) is 4.98 Å². The first-order chi connectivity index (χ1) is 9.83. The first-order valence-electron chi connectivity index (χ1n) is 7.27. The molecule has 0 aromatic carbocycles. The summed E-state index contributed by atoms with van der Waals surface area (Å²) in [5.74, 6) is 0.892. The SMILES string of the molecule is CCOC1CCCN(c2nc3ccccn3c2CO)C1. The summed E-state index contributed by atoms with van der Waals surface area (Å²) < 4.78 is 7.70. The second kappa shape index (κ2) is 5.81. The average Bonchev–Trinajstić information content (AvgIpc) is 2.86. The maximum Gasteiger partial charge on any atom is 0.153 e. The molecule has 0 radical (unpaired) electrons. The van der Waals surface area contributed by atoms with E-state index >= 15 is 0 Å². The highest BCUT2D eigenvalue weighted by molar-refractivity contribution is 5.56. The molecular formula is C15H21N3O2. The Morgan fingerprint density at radius 3 is 3.15 bits per heavy atom. The summed E-state index contributed by atoms with van der Waals surface area (Å²) in [6.45, 7) is 4.60. The van der Waals surface area contributed by atoms with Crippen LogP contribution in [-0.2, 0) is 11.3 Å². The first kappa shape index (κ1) is 13.4. The number of hydrogen-bond donors (Lipinski definition) is 1. The molecule has 1 fully saturated rings. The number of aliphatic hydroxyl groups excluding tert-OH is 1. The highest BCUT2D eigenvalue weighted by Gasteiger charge is 2.24. The van der Waals surface area contributed by atoms with Crippen molar-refractivity contribution in [3.05, 3.63) is 30.1 Å². The summed E-state index contributed by atoms with van der Waals surface area (Å²) in [6.07, 6.45) is 4.42. The molecule has 1 N–H and O–H groups in total. The maximum absolute atomic E-state index is 9.69. The van der Waals surface area contributed by atoms with Crippen molar-refractivity contribution in [3.63, 3.8) is 0 Å². The molecule has 3 rings (SSSR count). The molecule has 3 heterocycles. The quantitative estimate of drug-likeness (QED) is 0.925. The predicted molar refractivity (Wildman–Crippen MR) is 78.0 cm³/mol. The molecule has 2 aromatic heterocycles. The van der Waals surface area contributed by atoms with Gasteiger partial charge in [-0.05, 0) is 31.9 Å². The lowest BCUT2D eigenvalue weighted by atomic mass is 10.1. The lowest BCUT2D eigenvalue weighted by Crippen LogP contribution is -2.40. The van der Waals surface area contributed by atoms with Crippen LogP contribution in [-0.4, -0.2) is 40.3 Å². The number of anilines is 1. The van der Waals surface area contributed by atoms with E-state index in [-0.39, 0.29) is 12.7 Å². The lowest BCUT2D eigenvalue weighted by Gasteiger charge is -2.33. The summed E-state index contributed by atoms with van der Waals surface area (Å²) in [4.78, 5) is 6.91. The highest BCUT2D eigenvalue weighted by Crippen LogP contribution is 2.25. The third-order valence-corrected chi connectivity index (χ3v) is 3.84. The zero-order chi connectivity index (χ0) is 13.9. The Labute approximate surface area is 118 Å². The molecule has 0 amide bonds. The number of rotatable bonds is 4. The maximum atomic E-state index is 9.69. The number of pyridine rings is 1. The molecule has 108 valence electrons. The summed E-state index contributed by atoms with van der Waals surface area (Å²) in [7, 11) is 0. The number of ether oxygens (including phenoxy) is 1. The Morgan fingerprint density at radius 1 is 1.45 bits per heavy atom. The first-order valence-corrected chi connectivity index (χ1v) is 7.27. The zero-order valence-corrected chi connectivity index (χ0v) is 11.8. The van der Waals surface area contributed by atoms with Gasteiger partial charge in [-0.15, -0.1) is 0 Å². The van der Waals surface area contributed by atoms with Crippen LogP contribution in [0, 0.1) is 0 Å². The monoisotopic (exact) mass is 275 g/mol. The lowest BCUT2D eigenvalue weighted by molar-refractivity contribution is 0.0524. The fourth-order valence-corrected chi connectivity index (χ4v) is 2.94. The fraction of sp³-hybridized carbons (Fsp3) is 0.533. The number of piperidine rings is 1. The van der Waals surface area contributed by atoms with Crippen molar-refractivity contribution in [2.45, 2.75) is 32.5 Å². The Hall–Kier alpha value is -1.59. The minimum atomic E-state index is -0.00366. The van der Waals surface area contributed by atoms with Gasteiger partial charge in [-0.1, -0.05) is 6.07 Å². The topological polar surface area (TPSA) is 50.0 Å². The van der Waals surface area contributed by atoms with Crippen LogP contribution in [0.2, 0.25) is 0 Å². The van der Waals surface area contributed by atoms with Crippen LogP contribution in [0.5, 0.6) is 0 Å². The summed E-state index contributed by atoms with van der Waals surface area (Å²) in [5.41, 5.74) is 1.74. The van der Waals surface area contributed by atoms with Crippen LogP contribution in [0.15, 0.2) is 24.4 Å². The molecule has 2 aromatic rings. The van der Waals surface area contributed by atoms with Crippen molar-refractivity contribution < 1.29 is 9.84 Å². The summed E-state index contributed by atoms with van der Waals surface area (Å²) >= 11 is 0. The largest absolute Gasteiger partial charge is 0.390 e.